The molecule has 0 radical (unpaired) electrons. The molecule has 8 heteroatoms. The largest absolute Gasteiger partial charge is 0.490 e. The van der Waals surface area contributed by atoms with Crippen LogP contribution >= 0.6 is 0 Å². The summed E-state index contributed by atoms with van der Waals surface area (Å²) in [5.74, 6) is 0.315. The summed E-state index contributed by atoms with van der Waals surface area (Å²) in [5.41, 5.74) is -0.404. The Morgan fingerprint density at radius 3 is 2.10 bits per heavy atom. The first-order valence-electron chi connectivity index (χ1n) is 8.92. The van der Waals surface area contributed by atoms with Gasteiger partial charge in [-0.3, -0.25) is 0 Å². The van der Waals surface area contributed by atoms with Crippen LogP contribution < -0.4 is 13.7 Å². The van der Waals surface area contributed by atoms with Gasteiger partial charge in [0.15, 0.2) is 0 Å². The smallest absolute Gasteiger partial charge is 0.347 e. The number of carboxylic acid groups (broad SMARTS) is 1. The van der Waals surface area contributed by atoms with Gasteiger partial charge in [0.1, 0.15) is 23.9 Å². The van der Waals surface area contributed by atoms with Crippen molar-refractivity contribution in [1.82, 2.24) is 0 Å². The van der Waals surface area contributed by atoms with Crippen molar-refractivity contribution < 1.29 is 32.0 Å². The standard InChI is InChI=1S/C21H24O7S/c1-4-21(2,20(22)23)27-18-13-11-17(12-14-18)26-15-5-6-16-7-9-19(10-8-16)28-29(3,24)25/h5-14H,4,15H2,1-3H3,(H,22,23). The Hall–Kier alpha value is -3.00. The van der Waals surface area contributed by atoms with Gasteiger partial charge in [-0.1, -0.05) is 25.1 Å². The van der Waals surface area contributed by atoms with Crippen LogP contribution in [0, 0.1) is 0 Å². The molecular weight excluding hydrogens is 396 g/mol. The van der Waals surface area contributed by atoms with Crippen molar-refractivity contribution in [1.29, 1.82) is 0 Å². The molecule has 0 aliphatic heterocycles. The third-order valence-corrected chi connectivity index (χ3v) is 4.57. The highest BCUT2D eigenvalue weighted by atomic mass is 32.2. The molecule has 0 saturated carbocycles. The minimum absolute atomic E-state index is 0.255. The van der Waals surface area contributed by atoms with Gasteiger partial charge in [-0.15, -0.1) is 0 Å². The summed E-state index contributed by atoms with van der Waals surface area (Å²) < 4.78 is 38.1. The van der Waals surface area contributed by atoms with E-state index in [1.807, 2.05) is 12.2 Å². The molecule has 2 aromatic rings. The first kappa shape index (κ1) is 22.3. The van der Waals surface area contributed by atoms with Crippen LogP contribution in [0.4, 0.5) is 0 Å². The van der Waals surface area contributed by atoms with Crippen molar-refractivity contribution in [3.63, 3.8) is 0 Å². The van der Waals surface area contributed by atoms with Crippen molar-refractivity contribution in [2.75, 3.05) is 12.9 Å². The van der Waals surface area contributed by atoms with Crippen molar-refractivity contribution in [2.24, 2.45) is 0 Å². The average molecular weight is 420 g/mol. The summed E-state index contributed by atoms with van der Waals surface area (Å²) in [7, 11) is -3.54. The van der Waals surface area contributed by atoms with Gasteiger partial charge in [0.2, 0.25) is 5.60 Å². The van der Waals surface area contributed by atoms with Gasteiger partial charge in [0.05, 0.1) is 6.26 Å². The highest BCUT2D eigenvalue weighted by molar-refractivity contribution is 7.86. The number of carboxylic acids is 1. The number of hydrogen-bond acceptors (Lipinski definition) is 6. The topological polar surface area (TPSA) is 99.1 Å². The van der Waals surface area contributed by atoms with Crippen LogP contribution in [-0.2, 0) is 14.9 Å². The molecule has 0 aliphatic carbocycles. The predicted octanol–water partition coefficient (Wildman–Crippen LogP) is 3.75. The van der Waals surface area contributed by atoms with Crippen molar-refractivity contribution >= 4 is 22.2 Å². The number of carbonyl (C=O) groups is 1. The molecule has 0 aromatic heterocycles. The monoisotopic (exact) mass is 420 g/mol. The van der Waals surface area contributed by atoms with Crippen LogP contribution in [0.2, 0.25) is 0 Å². The summed E-state index contributed by atoms with van der Waals surface area (Å²) in [4.78, 5) is 11.3. The molecule has 0 heterocycles. The molecule has 0 fully saturated rings. The zero-order valence-electron chi connectivity index (χ0n) is 16.5. The number of benzene rings is 2. The van der Waals surface area contributed by atoms with Crippen LogP contribution in [0.3, 0.4) is 0 Å². The maximum Gasteiger partial charge on any atom is 0.347 e. The number of aliphatic carboxylic acids is 1. The zero-order valence-corrected chi connectivity index (χ0v) is 17.3. The predicted molar refractivity (Wildman–Crippen MR) is 110 cm³/mol. The van der Waals surface area contributed by atoms with Crippen molar-refractivity contribution in [2.45, 2.75) is 25.9 Å². The van der Waals surface area contributed by atoms with Crippen LogP contribution in [0.1, 0.15) is 25.8 Å². The fourth-order valence-electron chi connectivity index (χ4n) is 2.27. The third kappa shape index (κ3) is 7.15. The minimum Gasteiger partial charge on any atom is -0.490 e. The molecule has 156 valence electrons. The van der Waals surface area contributed by atoms with Gasteiger partial charge < -0.3 is 18.8 Å². The first-order valence-corrected chi connectivity index (χ1v) is 10.7. The lowest BCUT2D eigenvalue weighted by molar-refractivity contribution is -0.154. The van der Waals surface area contributed by atoms with Gasteiger partial charge in [-0.05, 0) is 61.4 Å². The summed E-state index contributed by atoms with van der Waals surface area (Å²) in [6.07, 6.45) is 4.98. The van der Waals surface area contributed by atoms with E-state index in [9.17, 15) is 18.3 Å². The molecule has 0 spiro atoms. The van der Waals surface area contributed by atoms with E-state index >= 15 is 0 Å². The summed E-state index contributed by atoms with van der Waals surface area (Å²) >= 11 is 0. The first-order chi connectivity index (χ1) is 13.6. The third-order valence-electron chi connectivity index (χ3n) is 4.08. The second-order valence-electron chi connectivity index (χ2n) is 6.53. The molecular formula is C21H24O7S. The normalized spacial score (nSPS) is 13.6. The number of ether oxygens (including phenoxy) is 2. The second-order valence-corrected chi connectivity index (χ2v) is 8.11. The Kier molecular flexibility index (Phi) is 7.28. The second kappa shape index (κ2) is 9.47. The van der Waals surface area contributed by atoms with E-state index in [-0.39, 0.29) is 5.75 Å². The van der Waals surface area contributed by atoms with Gasteiger partial charge in [0, 0.05) is 0 Å². The van der Waals surface area contributed by atoms with Gasteiger partial charge in [0.25, 0.3) is 0 Å². The zero-order chi connectivity index (χ0) is 21.5. The lowest BCUT2D eigenvalue weighted by Crippen LogP contribution is -2.40. The highest BCUT2D eigenvalue weighted by Gasteiger charge is 2.33. The molecule has 29 heavy (non-hydrogen) atoms. The molecule has 2 rings (SSSR count). The van der Waals surface area contributed by atoms with Crippen LogP contribution in [0.5, 0.6) is 17.2 Å². The maximum absolute atomic E-state index is 11.3. The Balaban J connectivity index is 1.86. The molecule has 1 unspecified atom stereocenters. The Labute approximate surface area is 170 Å². The van der Waals surface area contributed by atoms with Crippen molar-refractivity contribution in [3.8, 4) is 17.2 Å². The Morgan fingerprint density at radius 2 is 1.59 bits per heavy atom. The fraction of sp³-hybridized carbons (Fsp3) is 0.286. The quantitative estimate of drug-likeness (QED) is 0.584. The van der Waals surface area contributed by atoms with Gasteiger partial charge in [-0.2, -0.15) is 8.42 Å². The van der Waals surface area contributed by atoms with E-state index < -0.39 is 21.7 Å². The lowest BCUT2D eigenvalue weighted by atomic mass is 10.0. The van der Waals surface area contributed by atoms with E-state index in [0.29, 0.717) is 24.5 Å². The fourth-order valence-corrected chi connectivity index (χ4v) is 2.73. The molecule has 1 atom stereocenters. The highest BCUT2D eigenvalue weighted by Crippen LogP contribution is 2.24. The van der Waals surface area contributed by atoms with Crippen LogP contribution in [0.15, 0.2) is 54.6 Å². The molecule has 2 aromatic carbocycles. The summed E-state index contributed by atoms with van der Waals surface area (Å²) in [6, 6.07) is 13.3. The molecule has 0 aliphatic rings. The molecule has 7 nitrogen and oxygen atoms in total. The summed E-state index contributed by atoms with van der Waals surface area (Å²) in [6.45, 7) is 3.61. The maximum atomic E-state index is 11.3. The lowest BCUT2D eigenvalue weighted by Gasteiger charge is -2.24. The van der Waals surface area contributed by atoms with E-state index in [0.717, 1.165) is 11.8 Å². The van der Waals surface area contributed by atoms with Crippen LogP contribution in [0.25, 0.3) is 6.08 Å². The molecule has 0 bridgehead atoms. The molecule has 0 amide bonds. The molecule has 1 N–H and O–H groups in total. The Bertz CT molecular complexity index is 948. The van der Waals surface area contributed by atoms with Crippen LogP contribution in [-0.4, -0.2) is 38.0 Å². The van der Waals surface area contributed by atoms with E-state index in [2.05, 4.69) is 0 Å². The Morgan fingerprint density at radius 1 is 1.03 bits per heavy atom. The van der Waals surface area contributed by atoms with Crippen molar-refractivity contribution in [3.05, 3.63) is 60.2 Å². The average Bonchev–Trinajstić information content (AvgIpc) is 2.66. The van der Waals surface area contributed by atoms with E-state index in [4.69, 9.17) is 13.7 Å². The molecule has 0 saturated heterocycles. The summed E-state index contributed by atoms with van der Waals surface area (Å²) in [5, 5.41) is 9.26. The minimum atomic E-state index is -3.54. The van der Waals surface area contributed by atoms with E-state index in [1.165, 1.54) is 6.92 Å². The van der Waals surface area contributed by atoms with Gasteiger partial charge >= 0.3 is 16.1 Å². The number of hydrogen-bond donors (Lipinski definition) is 1. The SMILES string of the molecule is CCC(C)(Oc1ccc(OCC=Cc2ccc(OS(C)(=O)=O)cc2)cc1)C(=O)O. The van der Waals surface area contributed by atoms with E-state index in [1.54, 1.807) is 55.5 Å². The number of rotatable bonds is 10. The van der Waals surface area contributed by atoms with Gasteiger partial charge in [-0.25, -0.2) is 4.79 Å².